The van der Waals surface area contributed by atoms with Crippen LogP contribution in [0, 0.1) is 12.7 Å². The molecule has 3 aromatic rings. The number of rotatable bonds is 7. The molecule has 0 bridgehead atoms. The Labute approximate surface area is 161 Å². The molecule has 2 aromatic carbocycles. The first-order valence-electron chi connectivity index (χ1n) is 8.35. The lowest BCUT2D eigenvalue weighted by Gasteiger charge is -2.12. The summed E-state index contributed by atoms with van der Waals surface area (Å²) in [5.41, 5.74) is 2.23. The van der Waals surface area contributed by atoms with Gasteiger partial charge >= 0.3 is 0 Å². The number of nitrogens with zero attached hydrogens (tertiary/aromatic N) is 3. The number of halogens is 2. The molecular formula is C19H19ClFN5O. The van der Waals surface area contributed by atoms with Crippen LogP contribution >= 0.6 is 11.6 Å². The van der Waals surface area contributed by atoms with Gasteiger partial charge in [-0.05, 0) is 36.6 Å². The second kappa shape index (κ2) is 8.64. The molecule has 0 fully saturated rings. The summed E-state index contributed by atoms with van der Waals surface area (Å²) in [6.45, 7) is 2.41. The van der Waals surface area contributed by atoms with Crippen molar-refractivity contribution in [1.29, 1.82) is 0 Å². The second-order valence-corrected chi connectivity index (χ2v) is 6.27. The fourth-order valence-corrected chi connectivity index (χ4v) is 2.67. The van der Waals surface area contributed by atoms with Crippen LogP contribution in [0.1, 0.15) is 11.1 Å². The third-order valence-electron chi connectivity index (χ3n) is 3.94. The van der Waals surface area contributed by atoms with Gasteiger partial charge in [-0.3, -0.25) is 0 Å². The van der Waals surface area contributed by atoms with Crippen molar-refractivity contribution >= 4 is 29.1 Å². The van der Waals surface area contributed by atoms with Crippen LogP contribution in [0.25, 0.3) is 0 Å². The highest BCUT2D eigenvalue weighted by molar-refractivity contribution is 6.31. The highest BCUT2D eigenvalue weighted by Crippen LogP contribution is 2.32. The highest BCUT2D eigenvalue weighted by Gasteiger charge is 2.09. The van der Waals surface area contributed by atoms with E-state index in [2.05, 4.69) is 25.8 Å². The third-order valence-corrected chi connectivity index (χ3v) is 4.35. The van der Waals surface area contributed by atoms with Gasteiger partial charge in [0.2, 0.25) is 5.95 Å². The predicted molar refractivity (Wildman–Crippen MR) is 104 cm³/mol. The van der Waals surface area contributed by atoms with Gasteiger partial charge in [0.15, 0.2) is 5.82 Å². The van der Waals surface area contributed by atoms with Gasteiger partial charge in [-0.1, -0.05) is 29.8 Å². The monoisotopic (exact) mass is 387 g/mol. The minimum atomic E-state index is -0.215. The quantitative estimate of drug-likeness (QED) is 0.626. The van der Waals surface area contributed by atoms with Crippen molar-refractivity contribution in [2.75, 3.05) is 24.3 Å². The number of anilines is 3. The fraction of sp³-hybridized carbons (Fsp3) is 0.211. The molecule has 0 radical (unpaired) electrons. The maximum absolute atomic E-state index is 13.7. The minimum Gasteiger partial charge on any atom is -0.495 e. The molecule has 0 spiro atoms. The Morgan fingerprint density at radius 1 is 1.22 bits per heavy atom. The average molecular weight is 388 g/mol. The molecule has 0 unspecified atom stereocenters. The van der Waals surface area contributed by atoms with Crippen molar-refractivity contribution < 1.29 is 9.13 Å². The molecule has 140 valence electrons. The van der Waals surface area contributed by atoms with E-state index in [1.54, 1.807) is 25.3 Å². The zero-order valence-electron chi connectivity index (χ0n) is 15.0. The summed E-state index contributed by atoms with van der Waals surface area (Å²) in [6.07, 6.45) is 2.04. The van der Waals surface area contributed by atoms with Gasteiger partial charge in [0.05, 0.1) is 19.0 Å². The van der Waals surface area contributed by atoms with E-state index in [4.69, 9.17) is 16.3 Å². The van der Waals surface area contributed by atoms with Gasteiger partial charge in [-0.15, -0.1) is 5.10 Å². The van der Waals surface area contributed by atoms with Gasteiger partial charge in [-0.2, -0.15) is 10.1 Å². The SMILES string of the molecule is COc1cc(Cl)c(C)cc1Nc1nncc(NCCc2ccccc2F)n1. The first-order valence-corrected chi connectivity index (χ1v) is 8.73. The number of methoxy groups -OCH3 is 1. The first kappa shape index (κ1) is 18.8. The number of ether oxygens (including phenoxy) is 1. The van der Waals surface area contributed by atoms with Crippen LogP contribution in [0.5, 0.6) is 5.75 Å². The zero-order chi connectivity index (χ0) is 19.2. The zero-order valence-corrected chi connectivity index (χ0v) is 15.7. The summed E-state index contributed by atoms with van der Waals surface area (Å²) < 4.78 is 19.0. The molecule has 6 nitrogen and oxygen atoms in total. The molecule has 0 aliphatic heterocycles. The van der Waals surface area contributed by atoms with Crippen molar-refractivity contribution in [3.05, 3.63) is 64.6 Å². The second-order valence-electron chi connectivity index (χ2n) is 5.86. The molecule has 1 aromatic heterocycles. The summed E-state index contributed by atoms with van der Waals surface area (Å²) in [6, 6.07) is 10.3. The topological polar surface area (TPSA) is 72.0 Å². The van der Waals surface area contributed by atoms with E-state index in [1.165, 1.54) is 12.3 Å². The van der Waals surface area contributed by atoms with Gasteiger partial charge in [0, 0.05) is 17.6 Å². The van der Waals surface area contributed by atoms with Crippen LogP contribution in [-0.4, -0.2) is 28.8 Å². The van der Waals surface area contributed by atoms with Crippen LogP contribution in [0.3, 0.4) is 0 Å². The Morgan fingerprint density at radius 2 is 2.04 bits per heavy atom. The lowest BCUT2D eigenvalue weighted by atomic mass is 10.1. The highest BCUT2D eigenvalue weighted by atomic mass is 35.5. The van der Waals surface area contributed by atoms with Gasteiger partial charge < -0.3 is 15.4 Å². The number of nitrogens with one attached hydrogen (secondary N) is 2. The Bertz CT molecular complexity index is 938. The number of hydrogen-bond donors (Lipinski definition) is 2. The third kappa shape index (κ3) is 4.83. The lowest BCUT2D eigenvalue weighted by Crippen LogP contribution is -2.09. The van der Waals surface area contributed by atoms with E-state index in [9.17, 15) is 4.39 Å². The van der Waals surface area contributed by atoms with Crippen molar-refractivity contribution in [2.45, 2.75) is 13.3 Å². The number of benzene rings is 2. The van der Waals surface area contributed by atoms with E-state index >= 15 is 0 Å². The number of aromatic nitrogens is 3. The number of aryl methyl sites for hydroxylation is 1. The van der Waals surface area contributed by atoms with Crippen molar-refractivity contribution in [1.82, 2.24) is 15.2 Å². The Balaban J connectivity index is 1.67. The lowest BCUT2D eigenvalue weighted by molar-refractivity contribution is 0.416. The molecule has 27 heavy (non-hydrogen) atoms. The molecule has 3 rings (SSSR count). The smallest absolute Gasteiger partial charge is 0.249 e. The van der Waals surface area contributed by atoms with E-state index in [-0.39, 0.29) is 5.82 Å². The van der Waals surface area contributed by atoms with E-state index in [0.29, 0.717) is 46.8 Å². The van der Waals surface area contributed by atoms with E-state index in [1.807, 2.05) is 19.1 Å². The molecule has 0 aliphatic carbocycles. The summed E-state index contributed by atoms with van der Waals surface area (Å²) in [4.78, 5) is 4.37. The molecule has 2 N–H and O–H groups in total. The number of hydrogen-bond acceptors (Lipinski definition) is 6. The predicted octanol–water partition coefficient (Wildman–Crippen LogP) is 4.38. The van der Waals surface area contributed by atoms with Crippen molar-refractivity contribution in [3.63, 3.8) is 0 Å². The Kier molecular flexibility index (Phi) is 6.03. The molecule has 0 amide bonds. The largest absolute Gasteiger partial charge is 0.495 e. The van der Waals surface area contributed by atoms with Crippen molar-refractivity contribution in [2.24, 2.45) is 0 Å². The van der Waals surface area contributed by atoms with Crippen LogP contribution in [0.2, 0.25) is 5.02 Å². The van der Waals surface area contributed by atoms with Crippen LogP contribution in [0.15, 0.2) is 42.6 Å². The molecule has 0 saturated heterocycles. The van der Waals surface area contributed by atoms with Crippen molar-refractivity contribution in [3.8, 4) is 5.75 Å². The standard InChI is InChI=1S/C19H19ClFN5O/c1-12-9-16(17(27-2)10-14(12)20)24-19-25-18(11-23-26-19)22-8-7-13-5-3-4-6-15(13)21/h3-6,9-11H,7-8H2,1-2H3,(H2,22,24,25,26). The summed E-state index contributed by atoms with van der Waals surface area (Å²) >= 11 is 6.12. The van der Waals surface area contributed by atoms with E-state index in [0.717, 1.165) is 5.56 Å². The molecule has 8 heteroatoms. The normalized spacial score (nSPS) is 10.5. The van der Waals surface area contributed by atoms with Gasteiger partial charge in [0.1, 0.15) is 11.6 Å². The fourth-order valence-electron chi connectivity index (χ4n) is 2.52. The van der Waals surface area contributed by atoms with Crippen LogP contribution in [-0.2, 0) is 6.42 Å². The van der Waals surface area contributed by atoms with E-state index < -0.39 is 0 Å². The maximum atomic E-state index is 13.7. The molecule has 0 saturated carbocycles. The molecule has 0 atom stereocenters. The Morgan fingerprint density at radius 3 is 2.81 bits per heavy atom. The summed E-state index contributed by atoms with van der Waals surface area (Å²) in [5.74, 6) is 1.21. The van der Waals surface area contributed by atoms with Crippen LogP contribution in [0.4, 0.5) is 21.8 Å². The average Bonchev–Trinajstić information content (AvgIpc) is 2.66. The molecule has 1 heterocycles. The minimum absolute atomic E-state index is 0.215. The summed E-state index contributed by atoms with van der Waals surface area (Å²) in [5, 5.41) is 14.7. The maximum Gasteiger partial charge on any atom is 0.249 e. The molecule has 0 aliphatic rings. The molecular weight excluding hydrogens is 369 g/mol. The first-order chi connectivity index (χ1) is 13.1. The summed E-state index contributed by atoms with van der Waals surface area (Å²) in [7, 11) is 1.56. The van der Waals surface area contributed by atoms with Gasteiger partial charge in [-0.25, -0.2) is 4.39 Å². The Hall–Kier alpha value is -2.93. The van der Waals surface area contributed by atoms with Gasteiger partial charge in [0.25, 0.3) is 0 Å². The van der Waals surface area contributed by atoms with Crippen LogP contribution < -0.4 is 15.4 Å².